The Balaban J connectivity index is 1.61. The van der Waals surface area contributed by atoms with Gasteiger partial charge in [0.2, 0.25) is 5.91 Å². The monoisotopic (exact) mass is 328 g/mol. The minimum Gasteiger partial charge on any atom is -0.346 e. The molecular weight excluding hydrogens is 312 g/mol. The van der Waals surface area contributed by atoms with Crippen LogP contribution in [0.3, 0.4) is 0 Å². The van der Waals surface area contributed by atoms with E-state index in [1.165, 1.54) is 0 Å². The number of nitrogens with one attached hydrogen (secondary N) is 4. The maximum atomic E-state index is 12.0. The zero-order chi connectivity index (χ0) is 17.1. The van der Waals surface area contributed by atoms with Gasteiger partial charge in [0.25, 0.3) is 5.56 Å². The molecule has 0 saturated heterocycles. The average molecular weight is 328 g/mol. The SMILES string of the molecule is C[C@H](NC(=O)CCc1n[nH]c(=O)[nH]c1=O)c1nc2ccccc2[nH]1. The maximum absolute atomic E-state index is 12.0. The number of amides is 1. The first-order chi connectivity index (χ1) is 11.5. The third-order valence-electron chi connectivity index (χ3n) is 3.57. The second-order valence-corrected chi connectivity index (χ2v) is 5.38. The quantitative estimate of drug-likeness (QED) is 0.528. The van der Waals surface area contributed by atoms with E-state index in [1.54, 1.807) is 0 Å². The van der Waals surface area contributed by atoms with Crippen molar-refractivity contribution >= 4 is 16.9 Å². The highest BCUT2D eigenvalue weighted by Crippen LogP contribution is 2.15. The van der Waals surface area contributed by atoms with Crippen LogP contribution >= 0.6 is 0 Å². The summed E-state index contributed by atoms with van der Waals surface area (Å²) in [7, 11) is 0. The van der Waals surface area contributed by atoms with Crippen molar-refractivity contribution in [2.45, 2.75) is 25.8 Å². The van der Waals surface area contributed by atoms with Gasteiger partial charge in [0.15, 0.2) is 0 Å². The highest BCUT2D eigenvalue weighted by atomic mass is 16.2. The number of fused-ring (bicyclic) bond motifs is 1. The highest BCUT2D eigenvalue weighted by molar-refractivity contribution is 5.77. The van der Waals surface area contributed by atoms with Crippen molar-refractivity contribution in [3.05, 3.63) is 56.6 Å². The van der Waals surface area contributed by atoms with Crippen molar-refractivity contribution in [1.29, 1.82) is 0 Å². The summed E-state index contributed by atoms with van der Waals surface area (Å²) in [6.07, 6.45) is 0.206. The van der Waals surface area contributed by atoms with Crippen molar-refractivity contribution in [3.63, 3.8) is 0 Å². The summed E-state index contributed by atoms with van der Waals surface area (Å²) >= 11 is 0. The van der Waals surface area contributed by atoms with Crippen LogP contribution in [0, 0.1) is 0 Å². The molecule has 24 heavy (non-hydrogen) atoms. The molecule has 1 aromatic carbocycles. The molecule has 0 radical (unpaired) electrons. The third kappa shape index (κ3) is 3.40. The lowest BCUT2D eigenvalue weighted by molar-refractivity contribution is -0.121. The normalized spacial score (nSPS) is 12.2. The molecule has 1 amide bonds. The lowest BCUT2D eigenvalue weighted by Gasteiger charge is -2.11. The van der Waals surface area contributed by atoms with E-state index < -0.39 is 11.2 Å². The number of aromatic nitrogens is 5. The molecule has 0 saturated carbocycles. The predicted octanol–water partition coefficient (Wildman–Crippen LogP) is 0.145. The first-order valence-corrected chi connectivity index (χ1v) is 7.45. The van der Waals surface area contributed by atoms with Crippen LogP contribution in [0.5, 0.6) is 0 Å². The summed E-state index contributed by atoms with van der Waals surface area (Å²) in [5.74, 6) is 0.417. The van der Waals surface area contributed by atoms with E-state index in [0.717, 1.165) is 11.0 Å². The fraction of sp³-hybridized carbons (Fsp3) is 0.267. The van der Waals surface area contributed by atoms with Crippen LogP contribution < -0.4 is 16.6 Å². The lowest BCUT2D eigenvalue weighted by Crippen LogP contribution is -2.30. The fourth-order valence-corrected chi connectivity index (χ4v) is 2.33. The molecule has 0 spiro atoms. The van der Waals surface area contributed by atoms with E-state index >= 15 is 0 Å². The van der Waals surface area contributed by atoms with E-state index in [4.69, 9.17) is 0 Å². The van der Waals surface area contributed by atoms with Crippen LogP contribution in [0.15, 0.2) is 33.9 Å². The number of para-hydroxylation sites is 2. The van der Waals surface area contributed by atoms with Crippen molar-refractivity contribution in [3.8, 4) is 0 Å². The molecule has 2 aromatic heterocycles. The zero-order valence-corrected chi connectivity index (χ0v) is 12.9. The Morgan fingerprint density at radius 2 is 2.04 bits per heavy atom. The third-order valence-corrected chi connectivity index (χ3v) is 3.57. The summed E-state index contributed by atoms with van der Waals surface area (Å²) in [6, 6.07) is 7.30. The Morgan fingerprint density at radius 1 is 1.25 bits per heavy atom. The summed E-state index contributed by atoms with van der Waals surface area (Å²) < 4.78 is 0. The van der Waals surface area contributed by atoms with Crippen LogP contribution in [0.1, 0.15) is 30.9 Å². The van der Waals surface area contributed by atoms with Gasteiger partial charge in [-0.2, -0.15) is 5.10 Å². The van der Waals surface area contributed by atoms with Gasteiger partial charge in [-0.25, -0.2) is 14.9 Å². The van der Waals surface area contributed by atoms with Gasteiger partial charge in [-0.3, -0.25) is 14.6 Å². The Morgan fingerprint density at radius 3 is 2.79 bits per heavy atom. The van der Waals surface area contributed by atoms with Gasteiger partial charge in [0.05, 0.1) is 17.1 Å². The van der Waals surface area contributed by atoms with Gasteiger partial charge < -0.3 is 10.3 Å². The van der Waals surface area contributed by atoms with Gasteiger partial charge in [0.1, 0.15) is 11.5 Å². The number of nitrogens with zero attached hydrogens (tertiary/aromatic N) is 2. The second-order valence-electron chi connectivity index (χ2n) is 5.38. The molecule has 0 bridgehead atoms. The van der Waals surface area contributed by atoms with Crippen LogP contribution in [0.2, 0.25) is 0 Å². The van der Waals surface area contributed by atoms with Gasteiger partial charge in [-0.15, -0.1) is 0 Å². The molecule has 0 unspecified atom stereocenters. The molecule has 0 aliphatic carbocycles. The second kappa shape index (κ2) is 6.49. The Hall–Kier alpha value is -3.23. The van der Waals surface area contributed by atoms with Crippen LogP contribution in [0.25, 0.3) is 11.0 Å². The first-order valence-electron chi connectivity index (χ1n) is 7.45. The first kappa shape index (κ1) is 15.7. The van der Waals surface area contributed by atoms with Gasteiger partial charge in [-0.05, 0) is 19.1 Å². The maximum Gasteiger partial charge on any atom is 0.342 e. The summed E-state index contributed by atoms with van der Waals surface area (Å²) in [5.41, 5.74) is 0.583. The zero-order valence-electron chi connectivity index (χ0n) is 12.9. The number of rotatable bonds is 5. The van der Waals surface area contributed by atoms with Gasteiger partial charge in [0, 0.05) is 12.8 Å². The summed E-state index contributed by atoms with van der Waals surface area (Å²) in [5, 5.41) is 8.59. The van der Waals surface area contributed by atoms with Crippen molar-refractivity contribution in [1.82, 2.24) is 30.5 Å². The topological polar surface area (TPSA) is 136 Å². The predicted molar refractivity (Wildman–Crippen MR) is 86.5 cm³/mol. The van der Waals surface area contributed by atoms with E-state index in [9.17, 15) is 14.4 Å². The molecule has 9 heteroatoms. The fourth-order valence-electron chi connectivity index (χ4n) is 2.33. The highest BCUT2D eigenvalue weighted by Gasteiger charge is 2.14. The van der Waals surface area contributed by atoms with Crippen LogP contribution in [0.4, 0.5) is 0 Å². The Kier molecular flexibility index (Phi) is 4.23. The van der Waals surface area contributed by atoms with E-state index in [2.05, 4.69) is 30.5 Å². The molecule has 1 atom stereocenters. The van der Waals surface area contributed by atoms with Crippen molar-refractivity contribution in [2.24, 2.45) is 0 Å². The number of carbonyl (C=O) groups excluding carboxylic acids is 1. The molecule has 0 aliphatic heterocycles. The molecule has 9 nitrogen and oxygen atoms in total. The molecule has 2 heterocycles. The Labute approximate surface area is 135 Å². The van der Waals surface area contributed by atoms with Crippen LogP contribution in [-0.4, -0.2) is 31.1 Å². The van der Waals surface area contributed by atoms with E-state index in [-0.39, 0.29) is 30.5 Å². The minimum absolute atomic E-state index is 0.0761. The number of benzene rings is 1. The van der Waals surface area contributed by atoms with E-state index in [0.29, 0.717) is 5.82 Å². The molecule has 3 aromatic rings. The van der Waals surface area contributed by atoms with E-state index in [1.807, 2.05) is 31.2 Å². The summed E-state index contributed by atoms with van der Waals surface area (Å²) in [6.45, 7) is 1.82. The number of hydrogen-bond acceptors (Lipinski definition) is 5. The number of carbonyl (C=O) groups is 1. The number of aryl methyl sites for hydroxylation is 1. The van der Waals surface area contributed by atoms with Crippen molar-refractivity contribution < 1.29 is 4.79 Å². The largest absolute Gasteiger partial charge is 0.346 e. The van der Waals surface area contributed by atoms with Crippen molar-refractivity contribution in [2.75, 3.05) is 0 Å². The average Bonchev–Trinajstić information content (AvgIpc) is 2.98. The molecule has 0 aliphatic rings. The molecule has 0 fully saturated rings. The lowest BCUT2D eigenvalue weighted by atomic mass is 10.2. The van der Waals surface area contributed by atoms with Crippen LogP contribution in [-0.2, 0) is 11.2 Å². The van der Waals surface area contributed by atoms with Gasteiger partial charge in [-0.1, -0.05) is 12.1 Å². The number of imidazole rings is 1. The smallest absolute Gasteiger partial charge is 0.342 e. The molecule has 4 N–H and O–H groups in total. The number of aromatic amines is 3. The minimum atomic E-state index is -0.674. The number of H-pyrrole nitrogens is 3. The molecular formula is C15H16N6O3. The van der Waals surface area contributed by atoms with Gasteiger partial charge >= 0.3 is 5.69 Å². The molecule has 124 valence electrons. The standard InChI is InChI=1S/C15H16N6O3/c1-8(13-17-9-4-2-3-5-10(9)18-13)16-12(22)7-6-11-14(23)19-15(24)21-20-11/h2-5,8H,6-7H2,1H3,(H,16,22)(H,17,18)(H2,19,21,23,24)/t8-/m0/s1. The molecule has 3 rings (SSSR count). The number of hydrogen-bond donors (Lipinski definition) is 4. The Bertz CT molecular complexity index is 953. The summed E-state index contributed by atoms with van der Waals surface area (Å²) in [4.78, 5) is 44.1.